The molecule has 45 heavy (non-hydrogen) atoms. The van der Waals surface area contributed by atoms with Gasteiger partial charge in [0.2, 0.25) is 0 Å². The Labute approximate surface area is 270 Å². The summed E-state index contributed by atoms with van der Waals surface area (Å²) in [5, 5.41) is 2.14. The molecule has 3 heterocycles. The van der Waals surface area contributed by atoms with Crippen molar-refractivity contribution < 1.29 is 23.4 Å². The minimum atomic E-state index is -0.732. The summed E-state index contributed by atoms with van der Waals surface area (Å²) in [5.41, 5.74) is 2.13. The Bertz CT molecular complexity index is 2090. The molecule has 0 N–H and O–H groups in total. The van der Waals surface area contributed by atoms with Gasteiger partial charge in [0.25, 0.3) is 5.56 Å². The molecule has 11 heteroatoms. The van der Waals surface area contributed by atoms with E-state index in [2.05, 4.69) is 0 Å². The van der Waals surface area contributed by atoms with Crippen molar-refractivity contribution in [3.05, 3.63) is 142 Å². The van der Waals surface area contributed by atoms with Gasteiger partial charge in [0.1, 0.15) is 18.5 Å². The van der Waals surface area contributed by atoms with E-state index >= 15 is 0 Å². The molecule has 0 saturated carbocycles. The number of nitrogens with zero attached hydrogens (tertiary/aromatic N) is 2. The van der Waals surface area contributed by atoms with Gasteiger partial charge in [0, 0.05) is 16.0 Å². The minimum absolute atomic E-state index is 0.0457. The zero-order valence-corrected chi connectivity index (χ0v) is 26.5. The van der Waals surface area contributed by atoms with Crippen LogP contribution in [0.1, 0.15) is 34.5 Å². The highest BCUT2D eigenvalue weighted by atomic mass is 35.5. The molecule has 3 aromatic carbocycles. The summed E-state index contributed by atoms with van der Waals surface area (Å²) in [6, 6.07) is 22.1. The largest absolute Gasteiger partial charge is 0.493 e. The van der Waals surface area contributed by atoms with Crippen LogP contribution in [0.25, 0.3) is 11.8 Å². The normalized spacial score (nSPS) is 14.6. The molecule has 7 nitrogen and oxygen atoms in total. The van der Waals surface area contributed by atoms with Crippen LogP contribution in [-0.4, -0.2) is 24.3 Å². The van der Waals surface area contributed by atoms with E-state index < -0.39 is 12.0 Å². The molecule has 0 spiro atoms. The molecule has 0 fully saturated rings. The van der Waals surface area contributed by atoms with Crippen LogP contribution in [0.4, 0.5) is 4.39 Å². The predicted molar refractivity (Wildman–Crippen MR) is 174 cm³/mol. The molecule has 0 amide bonds. The zero-order chi connectivity index (χ0) is 31.5. The number of carbonyl (C=O) groups is 1. The van der Waals surface area contributed by atoms with Crippen LogP contribution in [-0.2, 0) is 16.1 Å². The molecule has 228 valence electrons. The Kier molecular flexibility index (Phi) is 8.97. The Morgan fingerprint density at radius 3 is 2.58 bits per heavy atom. The van der Waals surface area contributed by atoms with E-state index in [9.17, 15) is 14.0 Å². The molecule has 1 aliphatic heterocycles. The number of halogens is 2. The number of hydrogen-bond donors (Lipinski definition) is 0. The first-order valence-corrected chi connectivity index (χ1v) is 16.0. The van der Waals surface area contributed by atoms with Gasteiger partial charge < -0.3 is 14.2 Å². The number of benzene rings is 3. The lowest BCUT2D eigenvalue weighted by Gasteiger charge is -2.24. The van der Waals surface area contributed by atoms with Crippen molar-refractivity contribution in [2.45, 2.75) is 19.6 Å². The summed E-state index contributed by atoms with van der Waals surface area (Å²) in [7, 11) is 1.47. The van der Waals surface area contributed by atoms with E-state index in [4.69, 9.17) is 30.8 Å². The maximum absolute atomic E-state index is 14.1. The van der Waals surface area contributed by atoms with Crippen molar-refractivity contribution >= 4 is 52.0 Å². The van der Waals surface area contributed by atoms with Crippen molar-refractivity contribution in [1.29, 1.82) is 0 Å². The highest BCUT2D eigenvalue weighted by Crippen LogP contribution is 2.38. The van der Waals surface area contributed by atoms with Crippen LogP contribution >= 0.6 is 34.3 Å². The van der Waals surface area contributed by atoms with E-state index in [0.29, 0.717) is 37.5 Å². The van der Waals surface area contributed by atoms with Crippen molar-refractivity contribution in [1.82, 2.24) is 4.57 Å². The Hall–Kier alpha value is -4.51. The molecule has 0 unspecified atom stereocenters. The molecule has 0 aliphatic carbocycles. The number of esters is 1. The first kappa shape index (κ1) is 30.5. The molecule has 2 aromatic heterocycles. The number of ether oxygens (including phenoxy) is 3. The first-order chi connectivity index (χ1) is 21.9. The second-order valence-corrected chi connectivity index (χ2v) is 12.3. The topological polar surface area (TPSA) is 79.1 Å². The fraction of sp³-hybridized carbons (Fsp3) is 0.147. The smallest absolute Gasteiger partial charge is 0.338 e. The third-order valence-corrected chi connectivity index (χ3v) is 9.25. The summed E-state index contributed by atoms with van der Waals surface area (Å²) in [4.78, 5) is 33.7. The lowest BCUT2D eigenvalue weighted by atomic mass is 9.97. The van der Waals surface area contributed by atoms with Gasteiger partial charge >= 0.3 is 5.97 Å². The van der Waals surface area contributed by atoms with Crippen molar-refractivity contribution in [3.63, 3.8) is 0 Å². The summed E-state index contributed by atoms with van der Waals surface area (Å²) < 4.78 is 33.0. The highest BCUT2D eigenvalue weighted by molar-refractivity contribution is 7.10. The molecule has 6 rings (SSSR count). The van der Waals surface area contributed by atoms with Crippen LogP contribution in [0.5, 0.6) is 11.5 Å². The van der Waals surface area contributed by atoms with Crippen molar-refractivity contribution in [2.24, 2.45) is 4.99 Å². The van der Waals surface area contributed by atoms with Gasteiger partial charge in [-0.15, -0.1) is 11.3 Å². The fourth-order valence-electron chi connectivity index (χ4n) is 5.04. The molecule has 0 radical (unpaired) electrons. The molecule has 1 aliphatic rings. The number of thiophene rings is 1. The molecule has 0 bridgehead atoms. The van der Waals surface area contributed by atoms with Gasteiger partial charge in [-0.25, -0.2) is 14.2 Å². The van der Waals surface area contributed by atoms with E-state index in [1.807, 2.05) is 47.8 Å². The first-order valence-electron chi connectivity index (χ1n) is 13.9. The van der Waals surface area contributed by atoms with E-state index in [0.717, 1.165) is 10.4 Å². The maximum Gasteiger partial charge on any atom is 0.338 e. The van der Waals surface area contributed by atoms with Gasteiger partial charge in [-0.05, 0) is 48.2 Å². The number of thiazole rings is 1. The monoisotopic (exact) mass is 660 g/mol. The van der Waals surface area contributed by atoms with Crippen LogP contribution in [0.2, 0.25) is 5.02 Å². The van der Waals surface area contributed by atoms with E-state index in [1.165, 1.54) is 35.8 Å². The summed E-state index contributed by atoms with van der Waals surface area (Å²) in [5.74, 6) is -0.340. The molecule has 0 saturated heterocycles. The second-order valence-electron chi connectivity index (χ2n) is 9.86. The zero-order valence-electron chi connectivity index (χ0n) is 24.2. The molecule has 5 aromatic rings. The van der Waals surface area contributed by atoms with Crippen LogP contribution < -0.4 is 24.4 Å². The number of carbonyl (C=O) groups excluding carboxylic acids is 1. The van der Waals surface area contributed by atoms with Crippen LogP contribution in [0.3, 0.4) is 0 Å². The van der Waals surface area contributed by atoms with Crippen molar-refractivity contribution in [2.75, 3.05) is 13.7 Å². The number of hydrogen-bond acceptors (Lipinski definition) is 8. The van der Waals surface area contributed by atoms with Gasteiger partial charge in [0.15, 0.2) is 16.3 Å². The van der Waals surface area contributed by atoms with Gasteiger partial charge in [0.05, 0.1) is 34.5 Å². The van der Waals surface area contributed by atoms with Crippen LogP contribution in [0.15, 0.2) is 99.6 Å². The molecule has 1 atom stereocenters. The highest BCUT2D eigenvalue weighted by Gasteiger charge is 2.35. The summed E-state index contributed by atoms with van der Waals surface area (Å²) in [6.07, 6.45) is 1.70. The van der Waals surface area contributed by atoms with Gasteiger partial charge in [-0.1, -0.05) is 77.5 Å². The molecular weight excluding hydrogens is 635 g/mol. The second kappa shape index (κ2) is 13.2. The van der Waals surface area contributed by atoms with Gasteiger partial charge in [-0.3, -0.25) is 9.36 Å². The van der Waals surface area contributed by atoms with Crippen LogP contribution in [0, 0.1) is 5.82 Å². The lowest BCUT2D eigenvalue weighted by Crippen LogP contribution is -2.39. The summed E-state index contributed by atoms with van der Waals surface area (Å²) in [6.45, 7) is 1.87. The number of rotatable bonds is 9. The standard InChI is InChI=1S/C34H26ClFN2O5S2/c1-3-42-33(40)28-29(21-10-5-4-6-11-21)37-34-38(30(28)26-14-9-15-44-26)32(39)27(45-34)18-20-16-23(35)31(25(17-20)41-2)43-19-22-12-7-8-13-24(22)36/h4-18,30H,3,19H2,1-2H3/b27-18-/t30-/m1/s1. The Morgan fingerprint density at radius 1 is 1.09 bits per heavy atom. The third kappa shape index (κ3) is 6.09. The Balaban J connectivity index is 1.47. The third-order valence-electron chi connectivity index (χ3n) is 7.07. The lowest BCUT2D eigenvalue weighted by molar-refractivity contribution is -0.138. The van der Waals surface area contributed by atoms with Crippen molar-refractivity contribution in [3.8, 4) is 11.5 Å². The summed E-state index contributed by atoms with van der Waals surface area (Å²) >= 11 is 9.26. The number of methoxy groups -OCH3 is 1. The van der Waals surface area contributed by atoms with E-state index in [-0.39, 0.29) is 35.4 Å². The average Bonchev–Trinajstić information content (AvgIpc) is 3.69. The Morgan fingerprint density at radius 2 is 1.87 bits per heavy atom. The number of aromatic nitrogens is 1. The quantitative estimate of drug-likeness (QED) is 0.172. The average molecular weight is 661 g/mol. The fourth-order valence-corrected chi connectivity index (χ4v) is 7.13. The predicted octanol–water partition coefficient (Wildman–Crippen LogP) is 6.38. The van der Waals surface area contributed by atoms with E-state index in [1.54, 1.807) is 47.9 Å². The number of fused-ring (bicyclic) bond motifs is 1. The SMILES string of the molecule is CCOC(=O)C1=C(c2ccccc2)N=c2s/c(=C\c3cc(Cl)c(OCc4ccccc4F)c(OC)c3)c(=O)n2[C@@H]1c1cccs1. The molecular formula is C34H26ClFN2O5S2. The minimum Gasteiger partial charge on any atom is -0.493 e. The maximum atomic E-state index is 14.1. The van der Waals surface area contributed by atoms with Gasteiger partial charge in [-0.2, -0.15) is 0 Å².